The summed E-state index contributed by atoms with van der Waals surface area (Å²) in [5, 5.41) is 3.51. The summed E-state index contributed by atoms with van der Waals surface area (Å²) in [4.78, 5) is 9.29. The first-order valence-corrected chi connectivity index (χ1v) is 7.36. The number of benzene rings is 2. The van der Waals surface area contributed by atoms with E-state index in [4.69, 9.17) is 4.98 Å². The van der Waals surface area contributed by atoms with E-state index in [9.17, 15) is 0 Å². The second-order valence-electron chi connectivity index (χ2n) is 5.08. The first-order valence-electron chi connectivity index (χ1n) is 7.36. The number of aromatic nitrogens is 2. The fourth-order valence-corrected chi connectivity index (χ4v) is 2.52. The molecule has 0 aliphatic rings. The Bertz CT molecular complexity index is 710. The predicted molar refractivity (Wildman–Crippen MR) is 86.1 cm³/mol. The Hall–Kier alpha value is -2.26. The third-order valence-corrected chi connectivity index (χ3v) is 3.56. The first kappa shape index (κ1) is 13.7. The molecule has 21 heavy (non-hydrogen) atoms. The van der Waals surface area contributed by atoms with Crippen molar-refractivity contribution in [3.63, 3.8) is 0 Å². The van der Waals surface area contributed by atoms with E-state index in [0.717, 1.165) is 29.7 Å². The minimum absolute atomic E-state index is 0.189. The number of nitrogens with zero attached hydrogens (tertiary/aromatic N) is 2. The Morgan fingerprint density at radius 3 is 2.43 bits per heavy atom. The lowest BCUT2D eigenvalue weighted by Crippen LogP contribution is -2.24. The summed E-state index contributed by atoms with van der Waals surface area (Å²) in [6.45, 7) is 3.03. The minimum Gasteiger partial charge on any atom is -0.309 e. The molecule has 2 aromatic carbocycles. The van der Waals surface area contributed by atoms with Gasteiger partial charge in [-0.05, 0) is 30.7 Å². The number of rotatable bonds is 5. The van der Waals surface area contributed by atoms with Crippen molar-refractivity contribution in [2.75, 3.05) is 6.54 Å². The Labute approximate surface area is 125 Å². The van der Waals surface area contributed by atoms with Gasteiger partial charge < -0.3 is 5.32 Å². The molecule has 1 aromatic heterocycles. The van der Waals surface area contributed by atoms with Crippen LogP contribution >= 0.6 is 0 Å². The van der Waals surface area contributed by atoms with Gasteiger partial charge in [0.2, 0.25) is 0 Å². The van der Waals surface area contributed by atoms with E-state index in [0.29, 0.717) is 0 Å². The standard InChI is InChI=1S/C18H19N3/c1-2-19-17(12-14-8-4-3-5-9-14)18-13-20-15-10-6-7-11-16(15)21-18/h3-11,13,17,19H,2,12H2,1H3. The van der Waals surface area contributed by atoms with E-state index in [2.05, 4.69) is 41.5 Å². The van der Waals surface area contributed by atoms with Crippen molar-refractivity contribution in [3.8, 4) is 0 Å². The number of hydrogen-bond donors (Lipinski definition) is 1. The molecule has 0 aliphatic carbocycles. The molecule has 3 rings (SSSR count). The van der Waals surface area contributed by atoms with Crippen LogP contribution in [-0.4, -0.2) is 16.5 Å². The summed E-state index contributed by atoms with van der Waals surface area (Å²) in [5.74, 6) is 0. The maximum Gasteiger partial charge on any atom is 0.0890 e. The molecule has 3 nitrogen and oxygen atoms in total. The van der Waals surface area contributed by atoms with Crippen molar-refractivity contribution in [1.29, 1.82) is 0 Å². The van der Waals surface area contributed by atoms with Gasteiger partial charge >= 0.3 is 0 Å². The topological polar surface area (TPSA) is 37.8 Å². The van der Waals surface area contributed by atoms with Gasteiger partial charge in [0.1, 0.15) is 0 Å². The zero-order chi connectivity index (χ0) is 14.5. The van der Waals surface area contributed by atoms with Crippen molar-refractivity contribution >= 4 is 11.0 Å². The van der Waals surface area contributed by atoms with Crippen molar-refractivity contribution in [1.82, 2.24) is 15.3 Å². The van der Waals surface area contributed by atoms with Crippen LogP contribution in [0.2, 0.25) is 0 Å². The number of nitrogens with one attached hydrogen (secondary N) is 1. The van der Waals surface area contributed by atoms with Gasteiger partial charge in [-0.3, -0.25) is 4.98 Å². The van der Waals surface area contributed by atoms with Crippen molar-refractivity contribution in [2.45, 2.75) is 19.4 Å². The van der Waals surface area contributed by atoms with E-state index in [1.165, 1.54) is 5.56 Å². The van der Waals surface area contributed by atoms with Gasteiger partial charge in [0, 0.05) is 0 Å². The highest BCUT2D eigenvalue weighted by Crippen LogP contribution is 2.18. The van der Waals surface area contributed by atoms with Gasteiger partial charge in [-0.25, -0.2) is 4.98 Å². The van der Waals surface area contributed by atoms with Crippen molar-refractivity contribution < 1.29 is 0 Å². The van der Waals surface area contributed by atoms with Crippen LogP contribution in [0.5, 0.6) is 0 Å². The van der Waals surface area contributed by atoms with Gasteiger partial charge in [0.15, 0.2) is 0 Å². The smallest absolute Gasteiger partial charge is 0.0890 e. The third-order valence-electron chi connectivity index (χ3n) is 3.56. The maximum atomic E-state index is 4.77. The molecule has 0 aliphatic heterocycles. The lowest BCUT2D eigenvalue weighted by atomic mass is 10.0. The van der Waals surface area contributed by atoms with Crippen LogP contribution in [0, 0.1) is 0 Å². The van der Waals surface area contributed by atoms with Crippen LogP contribution in [0.15, 0.2) is 60.8 Å². The Morgan fingerprint density at radius 2 is 1.67 bits per heavy atom. The molecule has 0 fully saturated rings. The van der Waals surface area contributed by atoms with Gasteiger partial charge in [-0.2, -0.15) is 0 Å². The molecule has 0 saturated heterocycles. The average Bonchev–Trinajstić information content (AvgIpc) is 2.55. The highest BCUT2D eigenvalue weighted by atomic mass is 14.9. The van der Waals surface area contributed by atoms with E-state index < -0.39 is 0 Å². The van der Waals surface area contributed by atoms with E-state index in [1.807, 2.05) is 36.5 Å². The van der Waals surface area contributed by atoms with Gasteiger partial charge in [-0.15, -0.1) is 0 Å². The largest absolute Gasteiger partial charge is 0.309 e. The average molecular weight is 277 g/mol. The Kier molecular flexibility index (Phi) is 4.22. The molecule has 0 amide bonds. The highest BCUT2D eigenvalue weighted by molar-refractivity contribution is 5.73. The third kappa shape index (κ3) is 3.26. The fraction of sp³-hybridized carbons (Fsp3) is 0.222. The van der Waals surface area contributed by atoms with Gasteiger partial charge in [0.25, 0.3) is 0 Å². The zero-order valence-electron chi connectivity index (χ0n) is 12.2. The van der Waals surface area contributed by atoms with Crippen LogP contribution < -0.4 is 5.32 Å². The monoisotopic (exact) mass is 277 g/mol. The highest BCUT2D eigenvalue weighted by Gasteiger charge is 2.13. The Balaban J connectivity index is 1.91. The summed E-state index contributed by atoms with van der Waals surface area (Å²) < 4.78 is 0. The summed E-state index contributed by atoms with van der Waals surface area (Å²) in [5.41, 5.74) is 4.19. The lowest BCUT2D eigenvalue weighted by molar-refractivity contribution is 0.536. The first-order chi connectivity index (χ1) is 10.4. The van der Waals surface area contributed by atoms with Crippen LogP contribution in [-0.2, 0) is 6.42 Å². The Morgan fingerprint density at radius 1 is 0.952 bits per heavy atom. The number of fused-ring (bicyclic) bond motifs is 1. The second-order valence-corrected chi connectivity index (χ2v) is 5.08. The SMILES string of the molecule is CCNC(Cc1ccccc1)c1cnc2ccccc2n1. The molecule has 3 aromatic rings. The summed E-state index contributed by atoms with van der Waals surface area (Å²) in [6, 6.07) is 18.7. The minimum atomic E-state index is 0.189. The molecule has 1 atom stereocenters. The quantitative estimate of drug-likeness (QED) is 0.775. The van der Waals surface area contributed by atoms with E-state index >= 15 is 0 Å². The molecule has 0 saturated carbocycles. The molecule has 1 unspecified atom stereocenters. The summed E-state index contributed by atoms with van der Waals surface area (Å²) >= 11 is 0. The number of hydrogen-bond acceptors (Lipinski definition) is 3. The second kappa shape index (κ2) is 6.46. The summed E-state index contributed by atoms with van der Waals surface area (Å²) in [7, 11) is 0. The van der Waals surface area contributed by atoms with Crippen molar-refractivity contribution in [3.05, 3.63) is 72.1 Å². The molecule has 0 bridgehead atoms. The predicted octanol–water partition coefficient (Wildman–Crippen LogP) is 3.52. The number of likely N-dealkylation sites (N-methyl/N-ethyl adjacent to an activating group) is 1. The normalized spacial score (nSPS) is 12.4. The lowest BCUT2D eigenvalue weighted by Gasteiger charge is -2.17. The fourth-order valence-electron chi connectivity index (χ4n) is 2.52. The van der Waals surface area contributed by atoms with Gasteiger partial charge in [-0.1, -0.05) is 49.4 Å². The molecule has 1 N–H and O–H groups in total. The van der Waals surface area contributed by atoms with E-state index in [-0.39, 0.29) is 6.04 Å². The zero-order valence-corrected chi connectivity index (χ0v) is 12.2. The van der Waals surface area contributed by atoms with Crippen LogP contribution in [0.4, 0.5) is 0 Å². The van der Waals surface area contributed by atoms with Crippen LogP contribution in [0.1, 0.15) is 24.2 Å². The molecule has 1 heterocycles. The maximum absolute atomic E-state index is 4.77. The molecule has 106 valence electrons. The van der Waals surface area contributed by atoms with Crippen LogP contribution in [0.3, 0.4) is 0 Å². The molecular formula is C18H19N3. The molecule has 0 spiro atoms. The van der Waals surface area contributed by atoms with E-state index in [1.54, 1.807) is 0 Å². The van der Waals surface area contributed by atoms with Crippen molar-refractivity contribution in [2.24, 2.45) is 0 Å². The number of para-hydroxylation sites is 2. The molecule has 0 radical (unpaired) electrons. The molecule has 3 heteroatoms. The van der Waals surface area contributed by atoms with Gasteiger partial charge in [0.05, 0.1) is 29.0 Å². The van der Waals surface area contributed by atoms with Crippen LogP contribution in [0.25, 0.3) is 11.0 Å². The molecular weight excluding hydrogens is 258 g/mol. The summed E-state index contributed by atoms with van der Waals surface area (Å²) in [6.07, 6.45) is 2.81.